The summed E-state index contributed by atoms with van der Waals surface area (Å²) in [7, 11) is 1.96. The molecule has 5 nitrogen and oxygen atoms in total. The maximum atomic E-state index is 12.3. The van der Waals surface area contributed by atoms with Gasteiger partial charge in [0.2, 0.25) is 5.91 Å². The third kappa shape index (κ3) is 2.64. The molecular formula is C25H33N3O2. The number of hydrogen-bond acceptors (Lipinski definition) is 4. The molecule has 30 heavy (non-hydrogen) atoms. The van der Waals surface area contributed by atoms with Crippen molar-refractivity contribution >= 4 is 17.8 Å². The molecule has 0 unspecified atom stereocenters. The maximum Gasteiger partial charge on any atom is 0.246 e. The molecule has 4 aliphatic rings. The van der Waals surface area contributed by atoms with Gasteiger partial charge in [0.15, 0.2) is 0 Å². The Bertz CT molecular complexity index is 940. The lowest BCUT2D eigenvalue weighted by atomic mass is 9.48. The number of aromatic nitrogens is 1. The third-order valence-corrected chi connectivity index (χ3v) is 9.21. The predicted octanol–water partition coefficient (Wildman–Crippen LogP) is 3.66. The molecule has 3 saturated carbocycles. The highest BCUT2D eigenvalue weighted by atomic mass is 16.3. The van der Waals surface area contributed by atoms with Gasteiger partial charge in [0.1, 0.15) is 5.82 Å². The molecule has 3 N–H and O–H groups in total. The SMILES string of the molecule is CN1C(=O)C=C[C@]2(C)[C@H]3CC[C@]4(C)[C@@H](O)/C(=C\c5cccnc5N)C[C@H]4[C@@H]3CC[C@@H]12. The van der Waals surface area contributed by atoms with Crippen molar-refractivity contribution in [2.75, 3.05) is 12.8 Å². The van der Waals surface area contributed by atoms with E-state index in [1.165, 1.54) is 0 Å². The van der Waals surface area contributed by atoms with Crippen molar-refractivity contribution in [1.29, 1.82) is 0 Å². The summed E-state index contributed by atoms with van der Waals surface area (Å²) in [6, 6.07) is 4.16. The molecule has 5 heteroatoms. The minimum Gasteiger partial charge on any atom is -0.388 e. The van der Waals surface area contributed by atoms with Gasteiger partial charge in [0.05, 0.1) is 6.10 Å². The standard InChI is InChI=1S/C25H33N3O2/c1-24-11-9-21(29)28(3)20(24)7-6-17-18(24)8-10-25(2)19(17)14-16(22(25)30)13-15-5-4-12-27-23(15)26/h4-5,9,11-13,17-20,22,30H,6-8,10,14H2,1-3H3,(H2,26,27)/b16-13-/t17-,18+,19+,20-,22+,24-,25+/m1/s1. The first-order valence-electron chi connectivity index (χ1n) is 11.3. The molecule has 0 radical (unpaired) electrons. The van der Waals surface area contributed by atoms with E-state index in [1.54, 1.807) is 12.3 Å². The number of amides is 1. The first-order chi connectivity index (χ1) is 14.3. The molecule has 1 aromatic heterocycles. The normalized spacial score (nSPS) is 44.0. The Balaban J connectivity index is 1.49. The van der Waals surface area contributed by atoms with Crippen LogP contribution < -0.4 is 5.73 Å². The molecule has 1 amide bonds. The first-order valence-corrected chi connectivity index (χ1v) is 11.3. The second-order valence-corrected chi connectivity index (χ2v) is 10.5. The average Bonchev–Trinajstić information content (AvgIpc) is 2.98. The number of likely N-dealkylation sites (N-methyl/N-ethyl adjacent to an activating group) is 1. The summed E-state index contributed by atoms with van der Waals surface area (Å²) in [4.78, 5) is 18.4. The molecule has 160 valence electrons. The Labute approximate surface area is 179 Å². The number of nitrogens with zero attached hydrogens (tertiary/aromatic N) is 2. The van der Waals surface area contributed by atoms with Crippen LogP contribution in [0.3, 0.4) is 0 Å². The highest BCUT2D eigenvalue weighted by molar-refractivity contribution is 5.89. The Morgan fingerprint density at radius 3 is 2.83 bits per heavy atom. The van der Waals surface area contributed by atoms with E-state index in [4.69, 9.17) is 5.73 Å². The summed E-state index contributed by atoms with van der Waals surface area (Å²) in [6.45, 7) is 4.64. The van der Waals surface area contributed by atoms with Crippen LogP contribution in [0.4, 0.5) is 5.82 Å². The third-order valence-electron chi connectivity index (χ3n) is 9.21. The van der Waals surface area contributed by atoms with Crippen LogP contribution in [0.5, 0.6) is 0 Å². The van der Waals surface area contributed by atoms with E-state index in [0.717, 1.165) is 43.2 Å². The van der Waals surface area contributed by atoms with E-state index < -0.39 is 6.10 Å². The van der Waals surface area contributed by atoms with Crippen LogP contribution in [0.2, 0.25) is 0 Å². The lowest BCUT2D eigenvalue weighted by Crippen LogP contribution is -2.59. The van der Waals surface area contributed by atoms with E-state index in [2.05, 4.69) is 31.0 Å². The Morgan fingerprint density at radius 2 is 2.07 bits per heavy atom. The summed E-state index contributed by atoms with van der Waals surface area (Å²) >= 11 is 0. The van der Waals surface area contributed by atoms with Crippen LogP contribution in [0.15, 0.2) is 36.1 Å². The van der Waals surface area contributed by atoms with Gasteiger partial charge < -0.3 is 15.7 Å². The van der Waals surface area contributed by atoms with Crippen LogP contribution in [0, 0.1) is 28.6 Å². The lowest BCUT2D eigenvalue weighted by molar-refractivity contribution is -0.140. The van der Waals surface area contributed by atoms with Crippen molar-refractivity contribution in [3.8, 4) is 0 Å². The van der Waals surface area contributed by atoms with Crippen LogP contribution in [0.25, 0.3) is 6.08 Å². The van der Waals surface area contributed by atoms with Gasteiger partial charge in [-0.1, -0.05) is 19.9 Å². The number of aliphatic hydroxyl groups excluding tert-OH is 1. The molecule has 5 rings (SSSR count). The number of nitrogen functional groups attached to an aromatic ring is 1. The van der Waals surface area contributed by atoms with Crippen molar-refractivity contribution in [2.45, 2.75) is 58.1 Å². The zero-order chi connectivity index (χ0) is 21.3. The maximum absolute atomic E-state index is 12.3. The minimum atomic E-state index is -0.431. The largest absolute Gasteiger partial charge is 0.388 e. The number of anilines is 1. The number of aliphatic hydroxyl groups is 1. The van der Waals surface area contributed by atoms with E-state index in [1.807, 2.05) is 24.1 Å². The first kappa shape index (κ1) is 19.8. The highest BCUT2D eigenvalue weighted by Gasteiger charge is 2.61. The number of fused-ring (bicyclic) bond motifs is 5. The van der Waals surface area contributed by atoms with E-state index >= 15 is 0 Å². The van der Waals surface area contributed by atoms with E-state index in [0.29, 0.717) is 23.6 Å². The second kappa shape index (κ2) is 6.68. The number of rotatable bonds is 1. The lowest BCUT2D eigenvalue weighted by Gasteiger charge is -2.59. The van der Waals surface area contributed by atoms with Gasteiger partial charge in [0.25, 0.3) is 0 Å². The fourth-order valence-corrected chi connectivity index (χ4v) is 7.49. The minimum absolute atomic E-state index is 0.0259. The molecular weight excluding hydrogens is 374 g/mol. The molecule has 0 aromatic carbocycles. The van der Waals surface area contributed by atoms with Crippen molar-refractivity contribution < 1.29 is 9.90 Å². The molecule has 3 aliphatic carbocycles. The molecule has 1 aliphatic heterocycles. The van der Waals surface area contributed by atoms with Gasteiger partial charge in [-0.25, -0.2) is 4.98 Å². The van der Waals surface area contributed by atoms with Crippen molar-refractivity contribution in [3.63, 3.8) is 0 Å². The summed E-state index contributed by atoms with van der Waals surface area (Å²) in [6.07, 6.45) is 12.6. The molecule has 0 spiro atoms. The van der Waals surface area contributed by atoms with Gasteiger partial charge in [-0.3, -0.25) is 4.79 Å². The Morgan fingerprint density at radius 1 is 1.27 bits per heavy atom. The second-order valence-electron chi connectivity index (χ2n) is 10.5. The zero-order valence-electron chi connectivity index (χ0n) is 18.2. The van der Waals surface area contributed by atoms with Gasteiger partial charge >= 0.3 is 0 Å². The van der Waals surface area contributed by atoms with E-state index in [9.17, 15) is 9.90 Å². The Hall–Kier alpha value is -2.14. The van der Waals surface area contributed by atoms with Gasteiger partial charge in [-0.2, -0.15) is 0 Å². The summed E-state index contributed by atoms with van der Waals surface area (Å²) in [5.74, 6) is 2.24. The van der Waals surface area contributed by atoms with Gasteiger partial charge in [0, 0.05) is 35.7 Å². The van der Waals surface area contributed by atoms with Crippen LogP contribution in [0.1, 0.15) is 51.5 Å². The highest BCUT2D eigenvalue weighted by Crippen LogP contribution is 2.65. The topological polar surface area (TPSA) is 79.5 Å². The van der Waals surface area contributed by atoms with Gasteiger partial charge in [-0.05, 0) is 79.7 Å². The van der Waals surface area contributed by atoms with Crippen LogP contribution >= 0.6 is 0 Å². The van der Waals surface area contributed by atoms with Crippen LogP contribution in [-0.4, -0.2) is 40.1 Å². The summed E-state index contributed by atoms with van der Waals surface area (Å²) < 4.78 is 0. The average molecular weight is 408 g/mol. The Kier molecular flexibility index (Phi) is 4.41. The number of pyridine rings is 1. The van der Waals surface area contributed by atoms with E-state index in [-0.39, 0.29) is 22.8 Å². The summed E-state index contributed by atoms with van der Waals surface area (Å²) in [5.41, 5.74) is 8.00. The van der Waals surface area contributed by atoms with Gasteiger partial charge in [-0.15, -0.1) is 0 Å². The zero-order valence-corrected chi connectivity index (χ0v) is 18.2. The fraction of sp³-hybridized carbons (Fsp3) is 0.600. The smallest absolute Gasteiger partial charge is 0.246 e. The fourth-order valence-electron chi connectivity index (χ4n) is 7.49. The molecule has 0 saturated heterocycles. The molecule has 1 aromatic rings. The van der Waals surface area contributed by atoms with Crippen LogP contribution in [-0.2, 0) is 4.79 Å². The predicted molar refractivity (Wildman–Crippen MR) is 118 cm³/mol. The van der Waals surface area contributed by atoms with Crippen molar-refractivity contribution in [3.05, 3.63) is 41.6 Å². The molecule has 3 fully saturated rings. The summed E-state index contributed by atoms with van der Waals surface area (Å²) in [5, 5.41) is 11.4. The van der Waals surface area contributed by atoms with Crippen molar-refractivity contribution in [2.24, 2.45) is 28.6 Å². The number of hydrogen-bond donors (Lipinski definition) is 2. The molecule has 0 bridgehead atoms. The number of carbonyl (C=O) groups is 1. The number of carbonyl (C=O) groups excluding carboxylic acids is 1. The van der Waals surface area contributed by atoms with Crippen molar-refractivity contribution in [1.82, 2.24) is 9.88 Å². The monoisotopic (exact) mass is 407 g/mol. The number of nitrogens with two attached hydrogens (primary N) is 1. The molecule has 7 atom stereocenters. The quantitative estimate of drug-likeness (QED) is 0.745. The molecule has 2 heterocycles.